The van der Waals surface area contributed by atoms with Gasteiger partial charge in [-0.25, -0.2) is 14.5 Å². The molecule has 0 saturated carbocycles. The summed E-state index contributed by atoms with van der Waals surface area (Å²) < 4.78 is 24.8. The van der Waals surface area contributed by atoms with E-state index in [1.807, 2.05) is 109 Å². The summed E-state index contributed by atoms with van der Waals surface area (Å²) in [6.07, 6.45) is 0. The smallest absolute Gasteiger partial charge is 0.245 e. The number of amides is 2. The fourth-order valence-corrected chi connectivity index (χ4v) is 6.65. The fraction of sp³-hybridized carbons (Fsp3) is 0.0833. The van der Waals surface area contributed by atoms with Gasteiger partial charge in [0, 0.05) is 22.2 Å². The molecule has 0 spiro atoms. The molecule has 2 heterocycles. The lowest BCUT2D eigenvalue weighted by Gasteiger charge is -2.34. The average Bonchev–Trinajstić information content (AvgIpc) is 3.79. The summed E-state index contributed by atoms with van der Waals surface area (Å²) in [6.45, 7) is 0.135. The Balaban J connectivity index is 1.28. The van der Waals surface area contributed by atoms with Crippen molar-refractivity contribution in [2.24, 2.45) is 5.10 Å². The normalized spacial score (nSPS) is 14.8. The van der Waals surface area contributed by atoms with E-state index in [0.717, 1.165) is 38.4 Å². The van der Waals surface area contributed by atoms with Crippen molar-refractivity contribution in [2.45, 2.75) is 11.5 Å². The summed E-state index contributed by atoms with van der Waals surface area (Å²) in [7, 11) is 0.986. The van der Waals surface area contributed by atoms with Crippen LogP contribution < -0.4 is 4.72 Å². The lowest BCUT2D eigenvalue weighted by atomic mass is 9.77. The van der Waals surface area contributed by atoms with E-state index in [9.17, 15) is 13.2 Å². The number of benzene rings is 5. The van der Waals surface area contributed by atoms with E-state index in [-0.39, 0.29) is 12.5 Å². The minimum Gasteiger partial charge on any atom is -0.245 e. The number of rotatable bonds is 8. The molecule has 0 radical (unpaired) electrons. The van der Waals surface area contributed by atoms with Crippen LogP contribution in [-0.4, -0.2) is 51.9 Å². The van der Waals surface area contributed by atoms with Crippen LogP contribution in [0.5, 0.6) is 0 Å². The van der Waals surface area contributed by atoms with Crippen LogP contribution in [0.25, 0.3) is 11.4 Å². The van der Waals surface area contributed by atoms with E-state index in [1.165, 1.54) is 0 Å². The van der Waals surface area contributed by atoms with Gasteiger partial charge in [0.15, 0.2) is 5.54 Å². The molecule has 1 unspecified atom stereocenters. The Morgan fingerprint density at radius 1 is 0.708 bits per heavy atom. The molecule has 0 aliphatic carbocycles. The molecule has 1 aliphatic rings. The monoisotopic (exact) mass is 673 g/mol. The summed E-state index contributed by atoms with van der Waals surface area (Å²) in [4.78, 5) is 14.3. The highest BCUT2D eigenvalue weighted by molar-refractivity contribution is 8.12. The zero-order valence-corrected chi connectivity index (χ0v) is 26.9. The highest BCUT2D eigenvalue weighted by Crippen LogP contribution is 2.40. The Morgan fingerprint density at radius 3 is 1.69 bits per heavy atom. The van der Waals surface area contributed by atoms with Crippen LogP contribution >= 0.6 is 10.7 Å². The van der Waals surface area contributed by atoms with Crippen molar-refractivity contribution in [1.29, 1.82) is 0 Å². The predicted octanol–water partition coefficient (Wildman–Crippen LogP) is 6.18. The van der Waals surface area contributed by atoms with Crippen molar-refractivity contribution in [3.63, 3.8) is 0 Å². The Labute approximate surface area is 281 Å². The minimum atomic E-state index is -4.28. The van der Waals surface area contributed by atoms with Gasteiger partial charge in [-0.1, -0.05) is 146 Å². The van der Waals surface area contributed by atoms with Crippen LogP contribution in [0, 0.1) is 0 Å². The fourth-order valence-electron chi connectivity index (χ4n) is 6.14. The number of nitrogens with one attached hydrogen (secondary N) is 1. The Hall–Kier alpha value is -5.65. The summed E-state index contributed by atoms with van der Waals surface area (Å²) in [5.41, 5.74) is 5.02. The van der Waals surface area contributed by atoms with Crippen LogP contribution in [-0.2, 0) is 14.8 Å². The molecule has 0 saturated heterocycles. The van der Waals surface area contributed by atoms with Crippen LogP contribution in [0.4, 0.5) is 4.79 Å². The number of urea groups is 1. The number of carbonyl (C=O) groups is 1. The van der Waals surface area contributed by atoms with E-state index in [4.69, 9.17) is 15.8 Å². The maximum atomic E-state index is 12.7. The molecule has 48 heavy (non-hydrogen) atoms. The van der Waals surface area contributed by atoms with Crippen LogP contribution in [0.2, 0.25) is 0 Å². The Kier molecular flexibility index (Phi) is 8.30. The first-order valence-corrected chi connectivity index (χ1v) is 17.4. The first-order valence-electron chi connectivity index (χ1n) is 15.1. The maximum Gasteiger partial charge on any atom is 0.352 e. The minimum absolute atomic E-state index is 0.135. The molecule has 0 fully saturated rings. The molecule has 12 heteroatoms. The number of halogens is 1. The van der Waals surface area contributed by atoms with E-state index in [1.54, 1.807) is 9.52 Å². The van der Waals surface area contributed by atoms with Crippen molar-refractivity contribution in [1.82, 2.24) is 29.9 Å². The Morgan fingerprint density at radius 2 is 1.19 bits per heavy atom. The van der Waals surface area contributed by atoms with Gasteiger partial charge in [-0.05, 0) is 33.0 Å². The maximum absolute atomic E-state index is 12.7. The molecule has 5 aromatic carbocycles. The van der Waals surface area contributed by atoms with Gasteiger partial charge >= 0.3 is 15.3 Å². The molecule has 1 N–H and O–H groups in total. The van der Waals surface area contributed by atoms with E-state index >= 15 is 0 Å². The molecule has 238 valence electrons. The van der Waals surface area contributed by atoms with Gasteiger partial charge in [-0.3, -0.25) is 0 Å². The van der Waals surface area contributed by atoms with Crippen LogP contribution in [0.1, 0.15) is 33.7 Å². The molecule has 6 aromatic rings. The van der Waals surface area contributed by atoms with Gasteiger partial charge < -0.3 is 0 Å². The summed E-state index contributed by atoms with van der Waals surface area (Å²) in [5, 5.41) is 19.7. The predicted molar refractivity (Wildman–Crippen MR) is 184 cm³/mol. The second kappa shape index (κ2) is 12.9. The first-order chi connectivity index (χ1) is 23.3. The molecule has 1 aromatic heterocycles. The highest BCUT2D eigenvalue weighted by atomic mass is 35.7. The van der Waals surface area contributed by atoms with Crippen LogP contribution in [0.3, 0.4) is 0 Å². The molecular formula is C36H28ClN7O3S. The van der Waals surface area contributed by atoms with Crippen LogP contribution in [0.15, 0.2) is 151 Å². The van der Waals surface area contributed by atoms with Crippen molar-refractivity contribution in [3.8, 4) is 11.4 Å². The van der Waals surface area contributed by atoms with E-state index in [0.29, 0.717) is 11.5 Å². The van der Waals surface area contributed by atoms with Gasteiger partial charge in [0.2, 0.25) is 5.82 Å². The van der Waals surface area contributed by atoms with E-state index < -0.39 is 20.8 Å². The number of hydrazone groups is 1. The largest absolute Gasteiger partial charge is 0.352 e. The molecule has 2 amide bonds. The number of hydrogen-bond acceptors (Lipinski definition) is 7. The number of nitrogens with zero attached hydrogens (tertiary/aromatic N) is 6. The quantitative estimate of drug-likeness (QED) is 0.152. The third kappa shape index (κ3) is 5.96. The summed E-state index contributed by atoms with van der Waals surface area (Å²) >= 11 is 0. The molecular weight excluding hydrogens is 646 g/mol. The number of hydrogen-bond donors (Lipinski definition) is 1. The van der Waals surface area contributed by atoms with Crippen molar-refractivity contribution >= 4 is 31.7 Å². The lowest BCUT2D eigenvalue weighted by Crippen LogP contribution is -2.39. The average molecular weight is 674 g/mol. The second-order valence-electron chi connectivity index (χ2n) is 11.2. The van der Waals surface area contributed by atoms with Gasteiger partial charge in [0.1, 0.15) is 0 Å². The van der Waals surface area contributed by atoms with Gasteiger partial charge in [-0.15, -0.1) is 15.0 Å². The van der Waals surface area contributed by atoms with Crippen molar-refractivity contribution < 1.29 is 13.2 Å². The summed E-state index contributed by atoms with van der Waals surface area (Å²) in [5.74, 6) is 0.123. The zero-order chi connectivity index (χ0) is 33.1. The lowest BCUT2D eigenvalue weighted by molar-refractivity contribution is 0.210. The third-order valence-corrected chi connectivity index (χ3v) is 8.94. The number of carbonyl (C=O) groups excluding carboxylic acids is 1. The summed E-state index contributed by atoms with van der Waals surface area (Å²) in [6, 6.07) is 46.5. The molecule has 1 atom stereocenters. The number of aromatic nitrogens is 4. The Bertz CT molecular complexity index is 2080. The SMILES string of the molecule is O=C(NS(=O)(=O)Cl)N1CC(c2ccccc2)C(c2ccc(-c3nnn(C(c4ccccc4)(c4ccccc4)c4ccccc4)n3)cc2)=N1. The topological polar surface area (TPSA) is 122 Å². The third-order valence-electron chi connectivity index (χ3n) is 8.29. The number of tetrazole rings is 1. The molecule has 10 nitrogen and oxygen atoms in total. The van der Waals surface area contributed by atoms with E-state index in [2.05, 4.69) is 51.8 Å². The van der Waals surface area contributed by atoms with Crippen molar-refractivity contribution in [2.75, 3.05) is 6.54 Å². The standard InChI is InChI=1S/C36H28ClN7O3S/c37-48(46,47)41-35(45)43-25-32(26-13-5-1-6-14-26)33(39-43)27-21-23-28(24-22-27)34-38-42-44(40-34)36(29-15-7-2-8-16-29,30-17-9-3-10-18-30)31-19-11-4-12-20-31/h1-24,32H,25H2,(H,41,45). The molecule has 7 rings (SSSR count). The second-order valence-corrected chi connectivity index (χ2v) is 13.5. The molecule has 0 bridgehead atoms. The highest BCUT2D eigenvalue weighted by Gasteiger charge is 2.41. The van der Waals surface area contributed by atoms with Crippen molar-refractivity contribution in [3.05, 3.63) is 173 Å². The molecule has 1 aliphatic heterocycles. The zero-order valence-electron chi connectivity index (χ0n) is 25.3. The first kappa shape index (κ1) is 31.0. The van der Waals surface area contributed by atoms with Gasteiger partial charge in [-0.2, -0.15) is 13.5 Å². The van der Waals surface area contributed by atoms with Gasteiger partial charge in [0.25, 0.3) is 0 Å². The van der Waals surface area contributed by atoms with Gasteiger partial charge in [0.05, 0.1) is 12.3 Å².